The van der Waals surface area contributed by atoms with Crippen LogP contribution < -0.4 is 5.56 Å². The molecule has 5 rings (SSSR count). The van der Waals surface area contributed by atoms with Crippen LogP contribution in [0.3, 0.4) is 0 Å². The molecule has 3 aromatic carbocycles. The van der Waals surface area contributed by atoms with Crippen molar-refractivity contribution in [3.05, 3.63) is 111 Å². The van der Waals surface area contributed by atoms with Crippen LogP contribution in [0, 0.1) is 28.5 Å². The quantitative estimate of drug-likeness (QED) is 0.128. The first-order valence-corrected chi connectivity index (χ1v) is 15.7. The van der Waals surface area contributed by atoms with Crippen LogP contribution in [0.1, 0.15) is 11.3 Å². The Morgan fingerprint density at radius 1 is 0.895 bits per heavy atom. The zero-order valence-corrected chi connectivity index (χ0v) is 22.6. The first-order valence-electron chi connectivity index (χ1n) is 12.2. The van der Waals surface area contributed by atoms with Gasteiger partial charge in [0.1, 0.15) is 25.0 Å². The van der Waals surface area contributed by atoms with Gasteiger partial charge >= 0.3 is 0 Å². The highest BCUT2D eigenvalue weighted by atomic mass is 28.3. The maximum Gasteiger partial charge on any atom is 0.284 e. The van der Waals surface area contributed by atoms with E-state index in [4.69, 9.17) is 5.10 Å². The van der Waals surface area contributed by atoms with Crippen LogP contribution in [0.25, 0.3) is 39.2 Å². The Morgan fingerprint density at radius 2 is 1.53 bits per heavy atom. The summed E-state index contributed by atoms with van der Waals surface area (Å²) in [6.45, 7) is 8.05. The van der Waals surface area contributed by atoms with Crippen LogP contribution >= 0.6 is 0 Å². The molecule has 0 radical (unpaired) electrons. The number of aryl methyl sites for hydroxylation is 1. The van der Waals surface area contributed by atoms with Crippen LogP contribution in [0.4, 0.5) is 5.69 Å². The lowest BCUT2D eigenvalue weighted by Crippen LogP contribution is -2.19. The predicted molar refractivity (Wildman–Crippen MR) is 154 cm³/mol. The summed E-state index contributed by atoms with van der Waals surface area (Å²) in [5.74, 6) is 3.01. The minimum Gasteiger partial charge on any atom is -0.343 e. The molecule has 8 heteroatoms. The highest BCUT2D eigenvalue weighted by Gasteiger charge is 2.23. The van der Waals surface area contributed by atoms with Gasteiger partial charge in [0.05, 0.1) is 16.1 Å². The number of fused-ring (bicyclic) bond motifs is 1. The van der Waals surface area contributed by atoms with E-state index in [1.54, 1.807) is 12.1 Å². The molecule has 0 bridgehead atoms. The van der Waals surface area contributed by atoms with E-state index in [1.807, 2.05) is 67.6 Å². The van der Waals surface area contributed by atoms with Gasteiger partial charge in [0.2, 0.25) is 0 Å². The molecule has 0 fully saturated rings. The third kappa shape index (κ3) is 4.67. The number of nitrogens with one attached hydrogen (secondary N) is 1. The Bertz CT molecular complexity index is 1810. The second kappa shape index (κ2) is 9.61. The van der Waals surface area contributed by atoms with Crippen LogP contribution in [-0.2, 0) is 0 Å². The molecule has 0 aliphatic heterocycles. The van der Waals surface area contributed by atoms with E-state index in [1.165, 1.54) is 10.6 Å². The third-order valence-corrected chi connectivity index (χ3v) is 7.01. The van der Waals surface area contributed by atoms with Crippen molar-refractivity contribution in [1.29, 1.82) is 0 Å². The molecule has 2 aromatic heterocycles. The van der Waals surface area contributed by atoms with Crippen molar-refractivity contribution < 1.29 is 4.92 Å². The molecule has 0 atom stereocenters. The van der Waals surface area contributed by atoms with Gasteiger partial charge in [0.25, 0.3) is 11.2 Å². The van der Waals surface area contributed by atoms with Gasteiger partial charge < -0.3 is 4.98 Å². The van der Waals surface area contributed by atoms with Crippen molar-refractivity contribution in [1.82, 2.24) is 14.6 Å². The number of nitrogens with zero attached hydrogens (tertiary/aromatic N) is 3. The van der Waals surface area contributed by atoms with E-state index >= 15 is 0 Å². The second-order valence-corrected chi connectivity index (χ2v) is 14.9. The zero-order chi connectivity index (χ0) is 27.0. The number of aromatic nitrogens is 3. The molecule has 38 heavy (non-hydrogen) atoms. The van der Waals surface area contributed by atoms with Crippen LogP contribution in [-0.4, -0.2) is 27.6 Å². The fraction of sp³-hybridized carbons (Fsp3) is 0.133. The largest absolute Gasteiger partial charge is 0.343 e. The number of rotatable bonds is 4. The molecule has 0 unspecified atom stereocenters. The standard InChI is InChI=1S/C30H26N4O3Si/c1-20-26(24-15-16-25(34(36)37)23(19-24)17-18-38(2,3)4)30(35)33-29(31-20)27(21-11-7-5-8-12-21)28(32-33)22-13-9-6-10-14-22/h5-16,19,31H,1-4H3. The second-order valence-electron chi connectivity index (χ2n) is 10.1. The third-order valence-electron chi connectivity index (χ3n) is 6.14. The Kier molecular flexibility index (Phi) is 6.31. The summed E-state index contributed by atoms with van der Waals surface area (Å²) in [5, 5.41) is 16.4. The van der Waals surface area contributed by atoms with E-state index in [2.05, 4.69) is 36.1 Å². The first-order chi connectivity index (χ1) is 18.1. The van der Waals surface area contributed by atoms with Gasteiger partial charge in [-0.25, -0.2) is 0 Å². The van der Waals surface area contributed by atoms with E-state index in [0.717, 1.165) is 16.7 Å². The summed E-state index contributed by atoms with van der Waals surface area (Å²) < 4.78 is 1.39. The highest BCUT2D eigenvalue weighted by molar-refractivity contribution is 6.83. The molecule has 0 aliphatic rings. The maximum absolute atomic E-state index is 13.9. The summed E-state index contributed by atoms with van der Waals surface area (Å²) in [6.07, 6.45) is 0. The van der Waals surface area contributed by atoms with Crippen molar-refractivity contribution in [2.75, 3.05) is 0 Å². The van der Waals surface area contributed by atoms with Crippen LogP contribution in [0.5, 0.6) is 0 Å². The number of nitro groups is 1. The number of aromatic amines is 1. The van der Waals surface area contributed by atoms with Gasteiger partial charge in [-0.05, 0) is 30.2 Å². The molecule has 188 valence electrons. The number of hydrogen-bond donors (Lipinski definition) is 1. The Labute approximate surface area is 221 Å². The van der Waals surface area contributed by atoms with E-state index < -0.39 is 13.0 Å². The number of nitro benzene ring substituents is 1. The molecule has 5 aromatic rings. The average Bonchev–Trinajstić information content (AvgIpc) is 3.27. The normalized spacial score (nSPS) is 11.3. The van der Waals surface area contributed by atoms with Crippen molar-refractivity contribution >= 4 is 19.4 Å². The van der Waals surface area contributed by atoms with E-state index in [9.17, 15) is 14.9 Å². The number of benzene rings is 3. The Balaban J connectivity index is 1.78. The summed E-state index contributed by atoms with van der Waals surface area (Å²) in [6, 6.07) is 24.2. The fourth-order valence-corrected chi connectivity index (χ4v) is 4.92. The van der Waals surface area contributed by atoms with Gasteiger partial charge in [-0.1, -0.05) is 86.2 Å². The van der Waals surface area contributed by atoms with Crippen molar-refractivity contribution in [3.63, 3.8) is 0 Å². The lowest BCUT2D eigenvalue weighted by Gasteiger charge is -2.09. The molecule has 0 spiro atoms. The molecule has 0 amide bonds. The molecule has 7 nitrogen and oxygen atoms in total. The van der Waals surface area contributed by atoms with Gasteiger partial charge in [0, 0.05) is 17.3 Å². The SMILES string of the molecule is Cc1[nH]c2c(-c3ccccc3)c(-c3ccccc3)nn2c(=O)c1-c1ccc([N+](=O)[O-])c(C#C[Si](C)(C)C)c1. The van der Waals surface area contributed by atoms with Crippen molar-refractivity contribution in [3.8, 4) is 45.0 Å². The highest BCUT2D eigenvalue weighted by Crippen LogP contribution is 2.35. The molecular formula is C30H26N4O3Si. The van der Waals surface area contributed by atoms with Gasteiger partial charge in [-0.3, -0.25) is 14.9 Å². The van der Waals surface area contributed by atoms with Gasteiger partial charge in [-0.2, -0.15) is 9.61 Å². The Morgan fingerprint density at radius 3 is 2.13 bits per heavy atom. The van der Waals surface area contributed by atoms with E-state index in [0.29, 0.717) is 33.7 Å². The molecule has 2 heterocycles. The topological polar surface area (TPSA) is 93.3 Å². The van der Waals surface area contributed by atoms with Crippen LogP contribution in [0.2, 0.25) is 19.6 Å². The lowest BCUT2D eigenvalue weighted by molar-refractivity contribution is -0.385. The first kappa shape index (κ1) is 24.9. The predicted octanol–water partition coefficient (Wildman–Crippen LogP) is 6.47. The molecule has 1 N–H and O–H groups in total. The number of H-pyrrole nitrogens is 1. The molecular weight excluding hydrogens is 492 g/mol. The summed E-state index contributed by atoms with van der Waals surface area (Å²) >= 11 is 0. The summed E-state index contributed by atoms with van der Waals surface area (Å²) in [7, 11) is -1.79. The zero-order valence-electron chi connectivity index (χ0n) is 21.6. The molecule has 0 saturated carbocycles. The average molecular weight is 519 g/mol. The van der Waals surface area contributed by atoms with Gasteiger partial charge in [-0.15, -0.1) is 5.54 Å². The lowest BCUT2D eigenvalue weighted by atomic mass is 10.0. The van der Waals surface area contributed by atoms with Crippen molar-refractivity contribution in [2.45, 2.75) is 26.6 Å². The van der Waals surface area contributed by atoms with E-state index in [-0.39, 0.29) is 11.2 Å². The number of hydrogen-bond acceptors (Lipinski definition) is 4. The monoisotopic (exact) mass is 518 g/mol. The fourth-order valence-electron chi connectivity index (χ4n) is 4.41. The van der Waals surface area contributed by atoms with Gasteiger partial charge in [0.15, 0.2) is 0 Å². The summed E-state index contributed by atoms with van der Waals surface area (Å²) in [5.41, 5.74) is 8.61. The minimum atomic E-state index is -1.79. The molecule has 0 aliphatic carbocycles. The molecule has 0 saturated heterocycles. The maximum atomic E-state index is 13.9. The minimum absolute atomic E-state index is 0.0773. The van der Waals surface area contributed by atoms with Crippen molar-refractivity contribution in [2.24, 2.45) is 0 Å². The summed E-state index contributed by atoms with van der Waals surface area (Å²) in [4.78, 5) is 28.6. The Hall–Kier alpha value is -4.74. The van der Waals surface area contributed by atoms with Crippen LogP contribution in [0.15, 0.2) is 83.7 Å². The smallest absolute Gasteiger partial charge is 0.284 e.